The molecule has 0 radical (unpaired) electrons. The average Bonchev–Trinajstić information content (AvgIpc) is 3.30. The van der Waals surface area contributed by atoms with Crippen molar-refractivity contribution in [2.24, 2.45) is 5.92 Å². The molecule has 30 heavy (non-hydrogen) atoms. The third kappa shape index (κ3) is 3.19. The third-order valence-electron chi connectivity index (χ3n) is 5.87. The van der Waals surface area contributed by atoms with Crippen molar-refractivity contribution >= 4 is 17.4 Å². The quantitative estimate of drug-likeness (QED) is 0.710. The van der Waals surface area contributed by atoms with E-state index in [1.54, 1.807) is 29.3 Å². The lowest BCUT2D eigenvalue weighted by molar-refractivity contribution is 0.0363. The van der Waals surface area contributed by atoms with Crippen molar-refractivity contribution in [3.8, 4) is 0 Å². The smallest absolute Gasteiger partial charge is 0.259 e. The number of nitrogens with zero attached hydrogens (tertiary/aromatic N) is 5. The molecule has 2 aliphatic rings. The second-order valence-corrected chi connectivity index (χ2v) is 7.93. The van der Waals surface area contributed by atoms with Gasteiger partial charge >= 0.3 is 0 Å². The molecule has 9 heteroatoms. The van der Waals surface area contributed by atoms with E-state index in [0.29, 0.717) is 35.7 Å². The lowest BCUT2D eigenvalue weighted by Gasteiger charge is -2.37. The molecule has 2 aliphatic heterocycles. The highest BCUT2D eigenvalue weighted by Gasteiger charge is 2.35. The van der Waals surface area contributed by atoms with E-state index in [1.807, 2.05) is 4.90 Å². The van der Waals surface area contributed by atoms with Crippen LogP contribution in [0.25, 0.3) is 5.65 Å². The van der Waals surface area contributed by atoms with Crippen molar-refractivity contribution in [2.75, 3.05) is 31.1 Å². The number of hydrogen-bond acceptors (Lipinski definition) is 5. The Labute approximate surface area is 171 Å². The molecule has 1 amide bonds. The van der Waals surface area contributed by atoms with E-state index in [9.17, 15) is 18.7 Å². The number of aliphatic hydroxyl groups excluding tert-OH is 1. The van der Waals surface area contributed by atoms with Gasteiger partial charge < -0.3 is 14.9 Å². The largest absolute Gasteiger partial charge is 0.396 e. The molecular weight excluding hydrogens is 392 g/mol. The Morgan fingerprint density at radius 1 is 1.23 bits per heavy atom. The van der Waals surface area contributed by atoms with E-state index in [1.165, 1.54) is 22.8 Å². The van der Waals surface area contributed by atoms with Crippen molar-refractivity contribution in [2.45, 2.75) is 18.6 Å². The minimum atomic E-state index is -1.06. The highest BCUT2D eigenvalue weighted by molar-refractivity contribution is 6.00. The molecule has 4 heterocycles. The molecule has 3 aromatic rings. The highest BCUT2D eigenvalue weighted by atomic mass is 19.1. The minimum Gasteiger partial charge on any atom is -0.396 e. The van der Waals surface area contributed by atoms with E-state index in [-0.39, 0.29) is 43.3 Å². The summed E-state index contributed by atoms with van der Waals surface area (Å²) in [6.45, 7) is 1.21. The van der Waals surface area contributed by atoms with E-state index in [0.717, 1.165) is 0 Å². The molecule has 1 N–H and O–H groups in total. The molecule has 5 rings (SSSR count). The van der Waals surface area contributed by atoms with Crippen LogP contribution in [0.2, 0.25) is 0 Å². The lowest BCUT2D eigenvalue weighted by Crippen LogP contribution is -2.51. The van der Waals surface area contributed by atoms with Gasteiger partial charge in [0.2, 0.25) is 0 Å². The van der Waals surface area contributed by atoms with Crippen molar-refractivity contribution in [3.63, 3.8) is 0 Å². The maximum Gasteiger partial charge on any atom is 0.259 e. The van der Waals surface area contributed by atoms with Crippen LogP contribution in [-0.2, 0) is 0 Å². The molecular formula is C21H21F2N5O2. The molecule has 0 aliphatic carbocycles. The van der Waals surface area contributed by atoms with Gasteiger partial charge in [-0.1, -0.05) is 12.1 Å². The fourth-order valence-corrected chi connectivity index (χ4v) is 4.26. The summed E-state index contributed by atoms with van der Waals surface area (Å²) >= 11 is 0. The molecule has 7 nitrogen and oxygen atoms in total. The summed E-state index contributed by atoms with van der Waals surface area (Å²) in [4.78, 5) is 20.9. The van der Waals surface area contributed by atoms with Crippen LogP contribution in [-0.4, -0.2) is 62.9 Å². The summed E-state index contributed by atoms with van der Waals surface area (Å²) in [5, 5.41) is 13.4. The number of amides is 1. The number of fused-ring (bicyclic) bond motifs is 1. The number of carbonyl (C=O) groups is 1. The van der Waals surface area contributed by atoms with Crippen LogP contribution < -0.4 is 4.90 Å². The standard InChI is InChI=1S/C21H21F2N5O2/c22-15-3-1-2-14(6-15)18-7-16(23)11-27(18)19-4-5-28-20(25-19)17(8-24-28)21(30)26-9-13(10-26)12-29/h1-6,8,13,16,18,29H,7,9-12H2/t16-,18?/m0/s1. The maximum absolute atomic E-state index is 14.3. The van der Waals surface area contributed by atoms with Gasteiger partial charge in [0.1, 0.15) is 23.4 Å². The molecule has 2 aromatic heterocycles. The number of hydrogen-bond donors (Lipinski definition) is 1. The highest BCUT2D eigenvalue weighted by Crippen LogP contribution is 2.37. The van der Waals surface area contributed by atoms with Crippen molar-refractivity contribution in [1.29, 1.82) is 0 Å². The summed E-state index contributed by atoms with van der Waals surface area (Å²) in [6, 6.07) is 7.57. The number of aromatic nitrogens is 3. The SMILES string of the molecule is O=C(c1cnn2ccc(N3C[C@@H](F)CC3c3cccc(F)c3)nc12)N1CC(CO)C1. The first-order valence-corrected chi connectivity index (χ1v) is 9.94. The second kappa shape index (κ2) is 7.32. The molecule has 0 saturated carbocycles. The van der Waals surface area contributed by atoms with Crippen molar-refractivity contribution in [1.82, 2.24) is 19.5 Å². The van der Waals surface area contributed by atoms with Gasteiger partial charge in [0.05, 0.1) is 18.8 Å². The molecule has 2 saturated heterocycles. The molecule has 0 spiro atoms. The lowest BCUT2D eigenvalue weighted by atomic mass is 10.0. The topological polar surface area (TPSA) is 74.0 Å². The summed E-state index contributed by atoms with van der Waals surface area (Å²) < 4.78 is 29.6. The number of rotatable bonds is 4. The zero-order valence-corrected chi connectivity index (χ0v) is 16.2. The molecule has 2 atom stereocenters. The van der Waals surface area contributed by atoms with Crippen LogP contribution in [0.4, 0.5) is 14.6 Å². The summed E-state index contributed by atoms with van der Waals surface area (Å²) in [5.74, 6) is 0.0733. The Bertz CT molecular complexity index is 1100. The molecule has 0 bridgehead atoms. The monoisotopic (exact) mass is 413 g/mol. The van der Waals surface area contributed by atoms with Gasteiger partial charge in [0.25, 0.3) is 5.91 Å². The van der Waals surface area contributed by atoms with E-state index in [4.69, 9.17) is 0 Å². The predicted molar refractivity (Wildman–Crippen MR) is 105 cm³/mol. The van der Waals surface area contributed by atoms with Gasteiger partial charge in [0.15, 0.2) is 5.65 Å². The zero-order valence-electron chi connectivity index (χ0n) is 16.2. The van der Waals surface area contributed by atoms with Gasteiger partial charge in [-0.15, -0.1) is 0 Å². The van der Waals surface area contributed by atoms with Gasteiger partial charge in [-0.3, -0.25) is 4.79 Å². The van der Waals surface area contributed by atoms with E-state index in [2.05, 4.69) is 10.1 Å². The van der Waals surface area contributed by atoms with E-state index >= 15 is 0 Å². The minimum absolute atomic E-state index is 0.0573. The third-order valence-corrected chi connectivity index (χ3v) is 5.87. The zero-order chi connectivity index (χ0) is 20.8. The Hall–Kier alpha value is -3.07. The van der Waals surface area contributed by atoms with Gasteiger partial charge in [-0.05, 0) is 23.8 Å². The molecule has 1 aromatic carbocycles. The Balaban J connectivity index is 1.47. The van der Waals surface area contributed by atoms with Crippen LogP contribution in [0.1, 0.15) is 28.4 Å². The average molecular weight is 413 g/mol. The molecule has 1 unspecified atom stereocenters. The number of anilines is 1. The number of carbonyl (C=O) groups excluding carboxylic acids is 1. The first kappa shape index (κ1) is 18.9. The van der Waals surface area contributed by atoms with Crippen LogP contribution in [0.15, 0.2) is 42.7 Å². The number of likely N-dealkylation sites (tertiary alicyclic amines) is 1. The molecule has 2 fully saturated rings. The van der Waals surface area contributed by atoms with Crippen molar-refractivity contribution in [3.05, 3.63) is 59.7 Å². The normalized spacial score (nSPS) is 22.0. The van der Waals surface area contributed by atoms with Crippen LogP contribution in [0.3, 0.4) is 0 Å². The van der Waals surface area contributed by atoms with Crippen LogP contribution >= 0.6 is 0 Å². The van der Waals surface area contributed by atoms with Gasteiger partial charge in [-0.25, -0.2) is 18.3 Å². The molecule has 156 valence electrons. The van der Waals surface area contributed by atoms with Gasteiger partial charge in [0, 0.05) is 38.2 Å². The number of halogens is 2. The summed E-state index contributed by atoms with van der Waals surface area (Å²) in [5.41, 5.74) is 1.45. The first-order valence-electron chi connectivity index (χ1n) is 9.94. The summed E-state index contributed by atoms with van der Waals surface area (Å²) in [7, 11) is 0. The maximum atomic E-state index is 14.3. The number of benzene rings is 1. The Morgan fingerprint density at radius 3 is 2.83 bits per heavy atom. The predicted octanol–water partition coefficient (Wildman–Crippen LogP) is 2.22. The van der Waals surface area contributed by atoms with Gasteiger partial charge in [-0.2, -0.15) is 5.10 Å². The Morgan fingerprint density at radius 2 is 2.07 bits per heavy atom. The second-order valence-electron chi connectivity index (χ2n) is 7.93. The first-order chi connectivity index (χ1) is 14.5. The van der Waals surface area contributed by atoms with Crippen LogP contribution in [0, 0.1) is 11.7 Å². The van der Waals surface area contributed by atoms with Crippen molar-refractivity contribution < 1.29 is 18.7 Å². The number of aliphatic hydroxyl groups is 1. The fraction of sp³-hybridized carbons (Fsp3) is 0.381. The number of alkyl halides is 1. The fourth-order valence-electron chi connectivity index (χ4n) is 4.26. The van der Waals surface area contributed by atoms with Crippen LogP contribution in [0.5, 0.6) is 0 Å². The Kier molecular flexibility index (Phi) is 4.62. The van der Waals surface area contributed by atoms with E-state index < -0.39 is 6.17 Å². The summed E-state index contributed by atoms with van der Waals surface area (Å²) in [6.07, 6.45) is 2.36.